The van der Waals surface area contributed by atoms with Crippen LogP contribution in [-0.2, 0) is 14.3 Å². The summed E-state index contributed by atoms with van der Waals surface area (Å²) in [4.78, 5) is 24.2. The first-order chi connectivity index (χ1) is 11.8. The van der Waals surface area contributed by atoms with Crippen LogP contribution in [0.25, 0.3) is 0 Å². The Morgan fingerprint density at radius 3 is 2.52 bits per heavy atom. The zero-order valence-corrected chi connectivity index (χ0v) is 15.0. The van der Waals surface area contributed by atoms with Gasteiger partial charge in [-0.3, -0.25) is 9.59 Å². The van der Waals surface area contributed by atoms with E-state index in [1.54, 1.807) is 6.08 Å². The van der Waals surface area contributed by atoms with Gasteiger partial charge < -0.3 is 30.7 Å². The second-order valence-electron chi connectivity index (χ2n) is 6.60. The van der Waals surface area contributed by atoms with Crippen LogP contribution in [-0.4, -0.2) is 71.2 Å². The lowest BCUT2D eigenvalue weighted by atomic mass is 10.0. The van der Waals surface area contributed by atoms with Gasteiger partial charge in [0.1, 0.15) is 24.4 Å². The van der Waals surface area contributed by atoms with Crippen molar-refractivity contribution in [3.05, 3.63) is 12.2 Å². The Bertz CT molecular complexity index is 468. The molecule has 5 N–H and O–H groups in total. The van der Waals surface area contributed by atoms with Crippen molar-refractivity contribution in [3.63, 3.8) is 0 Å². The predicted molar refractivity (Wildman–Crippen MR) is 91.6 cm³/mol. The van der Waals surface area contributed by atoms with Gasteiger partial charge in [0.2, 0.25) is 5.91 Å². The number of nitrogens with one attached hydrogen (secondary N) is 2. The Kier molecular flexibility index (Phi) is 9.05. The van der Waals surface area contributed by atoms with Crippen LogP contribution in [0.3, 0.4) is 0 Å². The summed E-state index contributed by atoms with van der Waals surface area (Å²) in [6.07, 6.45) is -0.851. The number of allylic oxidation sites excluding steroid dienone is 1. The topological polar surface area (TPSA) is 128 Å². The molecule has 0 radical (unpaired) electrons. The average Bonchev–Trinajstić information content (AvgIpc) is 2.77. The van der Waals surface area contributed by atoms with Crippen molar-refractivity contribution in [2.45, 2.75) is 63.6 Å². The molecule has 1 heterocycles. The van der Waals surface area contributed by atoms with E-state index in [2.05, 4.69) is 10.6 Å². The molecule has 1 saturated heterocycles. The van der Waals surface area contributed by atoms with E-state index >= 15 is 0 Å². The number of rotatable bonds is 8. The van der Waals surface area contributed by atoms with Crippen LogP contribution in [0, 0.1) is 5.92 Å². The molecule has 8 heteroatoms. The van der Waals surface area contributed by atoms with Gasteiger partial charge in [0.15, 0.2) is 6.10 Å². The molecular formula is C17H30N2O6. The highest BCUT2D eigenvalue weighted by Gasteiger charge is 2.36. The van der Waals surface area contributed by atoms with Gasteiger partial charge in [0, 0.05) is 13.7 Å². The molecule has 1 fully saturated rings. The van der Waals surface area contributed by atoms with Crippen molar-refractivity contribution in [3.8, 4) is 0 Å². The zero-order chi connectivity index (χ0) is 19.0. The average molecular weight is 358 g/mol. The predicted octanol–water partition coefficient (Wildman–Crippen LogP) is -0.919. The number of carbonyl (C=O) groups is 2. The zero-order valence-electron chi connectivity index (χ0n) is 15.0. The Balaban J connectivity index is 2.71. The molecule has 0 aromatic carbocycles. The molecule has 1 aliphatic rings. The van der Waals surface area contributed by atoms with Crippen LogP contribution in [0.1, 0.15) is 33.1 Å². The molecule has 25 heavy (non-hydrogen) atoms. The minimum absolute atomic E-state index is 0.161. The SMILES string of the molecule is CO[C@H](C(=O)N[C@H]1CCCCNC1=O)[C@H](O)[C@@H](O)[C@H](O)/C=C/C(C)C. The minimum Gasteiger partial charge on any atom is -0.387 e. The molecule has 0 bridgehead atoms. The molecule has 8 nitrogen and oxygen atoms in total. The summed E-state index contributed by atoms with van der Waals surface area (Å²) in [7, 11) is 1.21. The highest BCUT2D eigenvalue weighted by Crippen LogP contribution is 2.12. The van der Waals surface area contributed by atoms with Gasteiger partial charge in [-0.15, -0.1) is 0 Å². The number of aliphatic hydroxyl groups is 3. The molecule has 0 unspecified atom stereocenters. The molecule has 1 rings (SSSR count). The maximum atomic E-state index is 12.3. The second kappa shape index (κ2) is 10.5. The first-order valence-corrected chi connectivity index (χ1v) is 8.61. The van der Waals surface area contributed by atoms with Crippen molar-refractivity contribution >= 4 is 11.8 Å². The maximum absolute atomic E-state index is 12.3. The van der Waals surface area contributed by atoms with Crippen molar-refractivity contribution in [1.82, 2.24) is 10.6 Å². The number of hydrogen-bond donors (Lipinski definition) is 5. The molecule has 0 spiro atoms. The Morgan fingerprint density at radius 2 is 1.92 bits per heavy atom. The van der Waals surface area contributed by atoms with E-state index in [4.69, 9.17) is 4.74 Å². The first kappa shape index (κ1) is 21.6. The fourth-order valence-electron chi connectivity index (χ4n) is 2.56. The number of ether oxygens (including phenoxy) is 1. The maximum Gasteiger partial charge on any atom is 0.252 e. The summed E-state index contributed by atoms with van der Waals surface area (Å²) in [6, 6.07) is -0.706. The number of carbonyl (C=O) groups excluding carboxylic acids is 2. The molecule has 0 aromatic heterocycles. The second-order valence-corrected chi connectivity index (χ2v) is 6.60. The summed E-state index contributed by atoms with van der Waals surface area (Å²) < 4.78 is 4.99. The van der Waals surface area contributed by atoms with Crippen LogP contribution in [0.5, 0.6) is 0 Å². The fourth-order valence-corrected chi connectivity index (χ4v) is 2.56. The molecule has 0 aliphatic carbocycles. The van der Waals surface area contributed by atoms with Gasteiger partial charge in [-0.1, -0.05) is 26.0 Å². The smallest absolute Gasteiger partial charge is 0.252 e. The van der Waals surface area contributed by atoms with Crippen LogP contribution in [0.2, 0.25) is 0 Å². The van der Waals surface area contributed by atoms with Gasteiger partial charge in [-0.25, -0.2) is 0 Å². The van der Waals surface area contributed by atoms with E-state index in [-0.39, 0.29) is 11.8 Å². The minimum atomic E-state index is -1.65. The van der Waals surface area contributed by atoms with Gasteiger partial charge in [0.05, 0.1) is 0 Å². The lowest BCUT2D eigenvalue weighted by Crippen LogP contribution is -2.55. The molecule has 1 aliphatic heterocycles. The van der Waals surface area contributed by atoms with E-state index < -0.39 is 36.4 Å². The molecule has 2 amide bonds. The summed E-state index contributed by atoms with van der Waals surface area (Å²) in [5.41, 5.74) is 0. The molecule has 144 valence electrons. The van der Waals surface area contributed by atoms with E-state index in [1.807, 2.05) is 13.8 Å². The normalized spacial score (nSPS) is 23.6. The van der Waals surface area contributed by atoms with Gasteiger partial charge in [0.25, 0.3) is 5.91 Å². The van der Waals surface area contributed by atoms with Crippen molar-refractivity contribution in [2.75, 3.05) is 13.7 Å². The number of methoxy groups -OCH3 is 1. The fraction of sp³-hybridized carbons (Fsp3) is 0.765. The van der Waals surface area contributed by atoms with Crippen LogP contribution < -0.4 is 10.6 Å². The lowest BCUT2D eigenvalue weighted by Gasteiger charge is -2.28. The van der Waals surface area contributed by atoms with Crippen molar-refractivity contribution in [2.24, 2.45) is 5.92 Å². The molecular weight excluding hydrogens is 328 g/mol. The quantitative estimate of drug-likeness (QED) is 0.357. The van der Waals surface area contributed by atoms with Crippen molar-refractivity contribution < 1.29 is 29.6 Å². The highest BCUT2D eigenvalue weighted by atomic mass is 16.5. The standard InChI is InChI=1S/C17H30N2O6/c1-10(2)7-8-12(20)13(21)14(22)15(25-3)17(24)19-11-6-4-5-9-18-16(11)23/h7-8,10-15,20-22H,4-6,9H2,1-3H3,(H,18,23)(H,19,24)/b8-7+/t11-,12+,13-,14+,15-/m0/s1. The van der Waals surface area contributed by atoms with Crippen LogP contribution in [0.4, 0.5) is 0 Å². The monoisotopic (exact) mass is 358 g/mol. The summed E-state index contributed by atoms with van der Waals surface area (Å²) >= 11 is 0. The third-order valence-electron chi connectivity index (χ3n) is 4.07. The lowest BCUT2D eigenvalue weighted by molar-refractivity contribution is -0.150. The third-order valence-corrected chi connectivity index (χ3v) is 4.07. The Hall–Kier alpha value is -1.48. The highest BCUT2D eigenvalue weighted by molar-refractivity contribution is 5.89. The number of hydrogen-bond acceptors (Lipinski definition) is 6. The van der Waals surface area contributed by atoms with E-state index in [9.17, 15) is 24.9 Å². The third kappa shape index (κ3) is 6.74. The Labute approximate surface area is 148 Å². The first-order valence-electron chi connectivity index (χ1n) is 8.61. The number of amides is 2. The Morgan fingerprint density at radius 1 is 1.24 bits per heavy atom. The summed E-state index contributed by atoms with van der Waals surface area (Å²) in [5.74, 6) is -0.832. The van der Waals surface area contributed by atoms with E-state index in [0.717, 1.165) is 12.8 Å². The number of aliphatic hydroxyl groups excluding tert-OH is 3. The molecule has 0 saturated carbocycles. The van der Waals surface area contributed by atoms with Gasteiger partial charge >= 0.3 is 0 Å². The molecule has 0 aromatic rings. The summed E-state index contributed by atoms with van der Waals surface area (Å²) in [6.45, 7) is 4.36. The van der Waals surface area contributed by atoms with Crippen LogP contribution >= 0.6 is 0 Å². The van der Waals surface area contributed by atoms with E-state index in [0.29, 0.717) is 13.0 Å². The van der Waals surface area contributed by atoms with Gasteiger partial charge in [-0.2, -0.15) is 0 Å². The van der Waals surface area contributed by atoms with Gasteiger partial charge in [-0.05, 0) is 25.2 Å². The van der Waals surface area contributed by atoms with E-state index in [1.165, 1.54) is 13.2 Å². The van der Waals surface area contributed by atoms with Crippen molar-refractivity contribution in [1.29, 1.82) is 0 Å². The molecule has 5 atom stereocenters. The summed E-state index contributed by atoms with van der Waals surface area (Å²) in [5, 5.41) is 35.4. The van der Waals surface area contributed by atoms with Crippen LogP contribution in [0.15, 0.2) is 12.2 Å². The largest absolute Gasteiger partial charge is 0.387 e.